The molecule has 0 bridgehead atoms. The molecular weight excluding hydrogens is 626 g/mol. The van der Waals surface area contributed by atoms with E-state index in [4.69, 9.17) is 4.74 Å². The minimum absolute atomic E-state index is 0.000740. The highest BCUT2D eigenvalue weighted by Crippen LogP contribution is 2.27. The lowest BCUT2D eigenvalue weighted by Gasteiger charge is -2.07. The molecule has 0 aromatic heterocycles. The van der Waals surface area contributed by atoms with Crippen molar-refractivity contribution in [3.8, 4) is 5.75 Å². The van der Waals surface area contributed by atoms with Crippen molar-refractivity contribution in [1.29, 1.82) is 0 Å². The van der Waals surface area contributed by atoms with Crippen molar-refractivity contribution in [2.75, 3.05) is 5.32 Å². The Morgan fingerprint density at radius 3 is 1.70 bits per heavy atom. The summed E-state index contributed by atoms with van der Waals surface area (Å²) in [6.07, 6.45) is 1.26. The van der Waals surface area contributed by atoms with Gasteiger partial charge in [-0.25, -0.2) is 10.2 Å². The van der Waals surface area contributed by atoms with E-state index in [9.17, 15) is 54.8 Å². The number of benzene rings is 4. The SMILES string of the molecule is O=C(N/N=C/c1ccc(OC(=O)c2ccc([N+](=O)[O-])cc2[N+](=O)[O-])cc1)c1ccc(NC(=O)c2ccc([N+](=O)[O-])cc2[N+](=O)[O-])cc1. The van der Waals surface area contributed by atoms with Crippen LogP contribution in [0.15, 0.2) is 90.0 Å². The number of carbonyl (C=O) groups excluding carboxylic acids is 3. The predicted molar refractivity (Wildman–Crippen MR) is 160 cm³/mol. The van der Waals surface area contributed by atoms with Gasteiger partial charge in [-0.1, -0.05) is 0 Å². The number of nitrogens with one attached hydrogen (secondary N) is 2. The van der Waals surface area contributed by atoms with E-state index in [-0.39, 0.29) is 17.0 Å². The molecule has 4 rings (SSSR count). The monoisotopic (exact) mass is 643 g/mol. The third-order valence-electron chi connectivity index (χ3n) is 6.12. The van der Waals surface area contributed by atoms with Gasteiger partial charge in [-0.2, -0.15) is 5.10 Å². The lowest BCUT2D eigenvalue weighted by molar-refractivity contribution is -0.394. The number of hydrogen-bond acceptors (Lipinski definition) is 13. The topological polar surface area (TPSA) is 269 Å². The first-order chi connectivity index (χ1) is 22.3. The Morgan fingerprint density at radius 2 is 1.17 bits per heavy atom. The van der Waals surface area contributed by atoms with E-state index in [1.54, 1.807) is 0 Å². The molecule has 19 heteroatoms. The quantitative estimate of drug-likeness (QED) is 0.0748. The minimum Gasteiger partial charge on any atom is -0.423 e. The zero-order valence-corrected chi connectivity index (χ0v) is 23.3. The zero-order chi connectivity index (χ0) is 34.2. The van der Waals surface area contributed by atoms with Crippen LogP contribution in [0.5, 0.6) is 5.75 Å². The number of amides is 2. The fraction of sp³-hybridized carbons (Fsp3) is 0. The van der Waals surface area contributed by atoms with Gasteiger partial charge < -0.3 is 10.1 Å². The molecule has 0 saturated heterocycles. The number of carbonyl (C=O) groups is 3. The van der Waals surface area contributed by atoms with Gasteiger partial charge in [-0.15, -0.1) is 0 Å². The summed E-state index contributed by atoms with van der Waals surface area (Å²) in [7, 11) is 0. The molecule has 0 fully saturated rings. The van der Waals surface area contributed by atoms with E-state index in [2.05, 4.69) is 15.8 Å². The maximum absolute atomic E-state index is 12.6. The maximum atomic E-state index is 12.6. The van der Waals surface area contributed by atoms with Crippen molar-refractivity contribution in [1.82, 2.24) is 5.43 Å². The average Bonchev–Trinajstić information content (AvgIpc) is 3.05. The number of esters is 1. The molecule has 0 atom stereocenters. The van der Waals surface area contributed by atoms with Gasteiger partial charge in [-0.05, 0) is 66.2 Å². The van der Waals surface area contributed by atoms with Crippen molar-refractivity contribution >= 4 is 52.4 Å². The van der Waals surface area contributed by atoms with Gasteiger partial charge in [0.2, 0.25) is 0 Å². The van der Waals surface area contributed by atoms with Crippen LogP contribution >= 0.6 is 0 Å². The molecule has 0 unspecified atom stereocenters. The highest BCUT2D eigenvalue weighted by Gasteiger charge is 2.26. The van der Waals surface area contributed by atoms with Crippen molar-refractivity contribution < 1.29 is 38.8 Å². The van der Waals surface area contributed by atoms with Crippen LogP contribution in [0.25, 0.3) is 0 Å². The summed E-state index contributed by atoms with van der Waals surface area (Å²) in [5.74, 6) is -2.65. The molecule has 0 saturated carbocycles. The first kappa shape index (κ1) is 32.5. The Kier molecular flexibility index (Phi) is 9.60. The van der Waals surface area contributed by atoms with Crippen LogP contribution < -0.4 is 15.5 Å². The molecule has 236 valence electrons. The van der Waals surface area contributed by atoms with E-state index >= 15 is 0 Å². The van der Waals surface area contributed by atoms with E-state index in [1.807, 2.05) is 0 Å². The Balaban J connectivity index is 1.33. The summed E-state index contributed by atoms with van der Waals surface area (Å²) in [6, 6.07) is 16.1. The predicted octanol–water partition coefficient (Wildman–Crippen LogP) is 4.55. The third kappa shape index (κ3) is 7.94. The van der Waals surface area contributed by atoms with E-state index in [0.717, 1.165) is 24.3 Å². The van der Waals surface area contributed by atoms with Crippen LogP contribution in [-0.2, 0) is 0 Å². The van der Waals surface area contributed by atoms with Crippen molar-refractivity contribution in [3.05, 3.63) is 148 Å². The normalized spacial score (nSPS) is 10.6. The summed E-state index contributed by atoms with van der Waals surface area (Å²) in [6.45, 7) is 0. The number of anilines is 1. The molecule has 47 heavy (non-hydrogen) atoms. The number of ether oxygens (including phenoxy) is 1. The van der Waals surface area contributed by atoms with Gasteiger partial charge in [0.05, 0.1) is 38.0 Å². The van der Waals surface area contributed by atoms with Crippen molar-refractivity contribution in [2.45, 2.75) is 0 Å². The first-order valence-electron chi connectivity index (χ1n) is 12.8. The summed E-state index contributed by atoms with van der Waals surface area (Å²) in [5, 5.41) is 50.6. The summed E-state index contributed by atoms with van der Waals surface area (Å²) < 4.78 is 5.13. The highest BCUT2D eigenvalue weighted by molar-refractivity contribution is 6.07. The Hall–Kier alpha value is -7.44. The number of hydrazone groups is 1. The van der Waals surface area contributed by atoms with E-state index in [0.29, 0.717) is 17.7 Å². The van der Waals surface area contributed by atoms with Gasteiger partial charge in [0.15, 0.2) is 0 Å². The Labute approximate surface area is 260 Å². The van der Waals surface area contributed by atoms with Gasteiger partial charge in [0.1, 0.15) is 16.9 Å². The summed E-state index contributed by atoms with van der Waals surface area (Å²) in [5.41, 5.74) is -0.535. The molecule has 0 aliphatic heterocycles. The second-order valence-electron chi connectivity index (χ2n) is 9.12. The van der Waals surface area contributed by atoms with Gasteiger partial charge in [0, 0.05) is 23.4 Å². The number of nitro groups is 4. The Bertz CT molecular complexity index is 1980. The van der Waals surface area contributed by atoms with Crippen molar-refractivity contribution in [3.63, 3.8) is 0 Å². The second-order valence-corrected chi connectivity index (χ2v) is 9.12. The summed E-state index contributed by atoms with van der Waals surface area (Å²) in [4.78, 5) is 78.3. The minimum atomic E-state index is -1.11. The van der Waals surface area contributed by atoms with Crippen LogP contribution in [0.1, 0.15) is 36.6 Å². The smallest absolute Gasteiger partial charge is 0.350 e. The van der Waals surface area contributed by atoms with Crippen LogP contribution in [0.3, 0.4) is 0 Å². The Morgan fingerprint density at radius 1 is 0.638 bits per heavy atom. The number of nitro benzene ring substituents is 4. The largest absolute Gasteiger partial charge is 0.423 e. The van der Waals surface area contributed by atoms with Crippen LogP contribution in [0.2, 0.25) is 0 Å². The third-order valence-corrected chi connectivity index (χ3v) is 6.12. The molecule has 0 radical (unpaired) electrons. The van der Waals surface area contributed by atoms with Crippen molar-refractivity contribution in [2.24, 2.45) is 5.10 Å². The van der Waals surface area contributed by atoms with Gasteiger partial charge >= 0.3 is 5.97 Å². The molecule has 19 nitrogen and oxygen atoms in total. The number of rotatable bonds is 11. The molecule has 4 aromatic carbocycles. The van der Waals surface area contributed by atoms with Gasteiger partial charge in [-0.3, -0.25) is 50.0 Å². The number of nitrogens with zero attached hydrogens (tertiary/aromatic N) is 5. The zero-order valence-electron chi connectivity index (χ0n) is 23.3. The summed E-state index contributed by atoms with van der Waals surface area (Å²) >= 11 is 0. The molecular formula is C28H17N7O12. The first-order valence-corrected chi connectivity index (χ1v) is 12.8. The lowest BCUT2D eigenvalue weighted by Crippen LogP contribution is -2.18. The lowest BCUT2D eigenvalue weighted by atomic mass is 10.1. The number of non-ortho nitro benzene ring substituents is 2. The fourth-order valence-corrected chi connectivity index (χ4v) is 3.85. The molecule has 0 spiro atoms. The number of hydrogen-bond donors (Lipinski definition) is 2. The van der Waals surface area contributed by atoms with E-state index in [1.165, 1.54) is 54.7 Å². The molecule has 2 N–H and O–H groups in total. The van der Waals surface area contributed by atoms with Crippen LogP contribution in [-0.4, -0.2) is 43.7 Å². The molecule has 0 aliphatic carbocycles. The average molecular weight is 643 g/mol. The van der Waals surface area contributed by atoms with Crippen LogP contribution in [0, 0.1) is 40.5 Å². The second kappa shape index (κ2) is 13.9. The maximum Gasteiger partial charge on any atom is 0.350 e. The fourth-order valence-electron chi connectivity index (χ4n) is 3.85. The van der Waals surface area contributed by atoms with Gasteiger partial charge in [0.25, 0.3) is 34.6 Å². The van der Waals surface area contributed by atoms with E-state index < -0.39 is 71.4 Å². The highest BCUT2D eigenvalue weighted by atomic mass is 16.6. The molecule has 0 heterocycles. The molecule has 0 aliphatic rings. The van der Waals surface area contributed by atoms with Crippen LogP contribution in [0.4, 0.5) is 28.4 Å². The standard InChI is InChI=1S/C28H17N7O12/c36-26(17-3-5-18(6-4-17)30-27(37)22-11-7-19(32(39)40)13-24(22)34(43)44)31-29-15-16-1-9-21(10-2-16)47-28(38)23-12-8-20(33(41)42)14-25(23)35(45)46/h1-15H,(H,30,37)(H,31,36)/b29-15+. The molecule has 4 aromatic rings. The molecule has 2 amide bonds.